The number of amides is 1. The average Bonchev–Trinajstić information content (AvgIpc) is 3.18. The van der Waals surface area contributed by atoms with Gasteiger partial charge in [0.15, 0.2) is 5.65 Å². The molecule has 27 heavy (non-hydrogen) atoms. The summed E-state index contributed by atoms with van der Waals surface area (Å²) in [6, 6.07) is 1.75. The Hall–Kier alpha value is -2.59. The molecule has 2 N–H and O–H groups in total. The summed E-state index contributed by atoms with van der Waals surface area (Å²) in [5, 5.41) is 10.9. The van der Waals surface area contributed by atoms with Gasteiger partial charge in [-0.1, -0.05) is 0 Å². The Bertz CT molecular complexity index is 1010. The monoisotopic (exact) mass is 389 g/mol. The van der Waals surface area contributed by atoms with Gasteiger partial charge in [0.2, 0.25) is 5.95 Å². The standard InChI is InChI=1S/C17H20FN7OS/c1-9-7-24(5-4-19-9)13-6-12(18)14(27-13)16(26)22-17-21-15-11(3)20-10(2)8-25(15)23-17/h6,8-9,19H,4-5,7H2,1-3H3,(H,22,23,26). The number of carbonyl (C=O) groups is 1. The normalized spacial score (nSPS) is 17.5. The number of piperazine rings is 1. The summed E-state index contributed by atoms with van der Waals surface area (Å²) in [4.78, 5) is 23.3. The van der Waals surface area contributed by atoms with Crippen LogP contribution in [0.5, 0.6) is 0 Å². The number of rotatable bonds is 3. The Balaban J connectivity index is 1.56. The summed E-state index contributed by atoms with van der Waals surface area (Å²) in [5.74, 6) is -0.957. The molecule has 142 valence electrons. The van der Waals surface area contributed by atoms with Crippen LogP contribution < -0.4 is 15.5 Å². The maximum Gasteiger partial charge on any atom is 0.271 e. The van der Waals surface area contributed by atoms with Crippen LogP contribution in [0.3, 0.4) is 0 Å². The number of aryl methyl sites for hydroxylation is 2. The molecule has 8 nitrogen and oxygen atoms in total. The number of carbonyl (C=O) groups excluding carboxylic acids is 1. The fourth-order valence-corrected chi connectivity index (χ4v) is 4.16. The molecule has 0 saturated carbocycles. The van der Waals surface area contributed by atoms with E-state index in [-0.39, 0.29) is 10.8 Å². The highest BCUT2D eigenvalue weighted by atomic mass is 32.1. The number of hydrogen-bond acceptors (Lipinski definition) is 7. The molecule has 0 aromatic carbocycles. The van der Waals surface area contributed by atoms with E-state index in [1.54, 1.807) is 10.7 Å². The van der Waals surface area contributed by atoms with E-state index in [4.69, 9.17) is 0 Å². The highest BCUT2D eigenvalue weighted by Gasteiger charge is 2.23. The number of fused-ring (bicyclic) bond motifs is 1. The minimum Gasteiger partial charge on any atom is -0.361 e. The Morgan fingerprint density at radius 2 is 2.22 bits per heavy atom. The van der Waals surface area contributed by atoms with Crippen molar-refractivity contribution >= 4 is 33.8 Å². The maximum atomic E-state index is 14.4. The van der Waals surface area contributed by atoms with Crippen LogP contribution in [0.4, 0.5) is 15.3 Å². The van der Waals surface area contributed by atoms with Crippen molar-refractivity contribution in [1.82, 2.24) is 24.9 Å². The zero-order valence-electron chi connectivity index (χ0n) is 15.3. The van der Waals surface area contributed by atoms with E-state index in [1.165, 1.54) is 6.07 Å². The lowest BCUT2D eigenvalue weighted by Gasteiger charge is -2.32. The molecule has 1 aliphatic heterocycles. The third-order valence-corrected chi connectivity index (χ3v) is 5.56. The maximum absolute atomic E-state index is 14.4. The Morgan fingerprint density at radius 3 is 3.00 bits per heavy atom. The SMILES string of the molecule is Cc1cn2nc(NC(=O)c3sc(N4CCNC(C)C4)cc3F)nc2c(C)n1. The number of hydrogen-bond donors (Lipinski definition) is 2. The van der Waals surface area contributed by atoms with Gasteiger partial charge in [-0.15, -0.1) is 16.4 Å². The van der Waals surface area contributed by atoms with Crippen molar-refractivity contribution in [3.63, 3.8) is 0 Å². The highest BCUT2D eigenvalue weighted by molar-refractivity contribution is 7.18. The van der Waals surface area contributed by atoms with Crippen LogP contribution in [0, 0.1) is 19.7 Å². The van der Waals surface area contributed by atoms with E-state index >= 15 is 0 Å². The summed E-state index contributed by atoms with van der Waals surface area (Å²) in [6.45, 7) is 8.15. The van der Waals surface area contributed by atoms with Crippen molar-refractivity contribution in [1.29, 1.82) is 0 Å². The predicted octanol–water partition coefficient (Wildman–Crippen LogP) is 1.99. The number of nitrogens with one attached hydrogen (secondary N) is 2. The van der Waals surface area contributed by atoms with Gasteiger partial charge in [-0.25, -0.2) is 8.91 Å². The molecule has 1 atom stereocenters. The van der Waals surface area contributed by atoms with E-state index in [1.807, 2.05) is 13.8 Å². The van der Waals surface area contributed by atoms with E-state index in [9.17, 15) is 9.18 Å². The van der Waals surface area contributed by atoms with Crippen LogP contribution in [-0.2, 0) is 0 Å². The molecular weight excluding hydrogens is 369 g/mol. The minimum atomic E-state index is -0.551. The van der Waals surface area contributed by atoms with Gasteiger partial charge < -0.3 is 10.2 Å². The van der Waals surface area contributed by atoms with Crippen molar-refractivity contribution in [2.45, 2.75) is 26.8 Å². The van der Waals surface area contributed by atoms with E-state index in [2.05, 4.69) is 37.5 Å². The molecule has 10 heteroatoms. The molecule has 0 spiro atoms. The van der Waals surface area contributed by atoms with Gasteiger partial charge in [-0.05, 0) is 20.8 Å². The number of thiophene rings is 1. The van der Waals surface area contributed by atoms with Gasteiger partial charge in [0.05, 0.1) is 22.6 Å². The van der Waals surface area contributed by atoms with Gasteiger partial charge in [0, 0.05) is 31.7 Å². The molecule has 0 radical (unpaired) electrons. The fourth-order valence-electron chi connectivity index (χ4n) is 3.19. The number of halogens is 1. The molecule has 3 aromatic heterocycles. The highest BCUT2D eigenvalue weighted by Crippen LogP contribution is 2.30. The number of nitrogens with zero attached hydrogens (tertiary/aromatic N) is 5. The second-order valence-corrected chi connectivity index (χ2v) is 7.72. The lowest BCUT2D eigenvalue weighted by Crippen LogP contribution is -2.49. The van der Waals surface area contributed by atoms with Crippen LogP contribution >= 0.6 is 11.3 Å². The Kier molecular flexibility index (Phi) is 4.52. The van der Waals surface area contributed by atoms with E-state index < -0.39 is 11.7 Å². The smallest absolute Gasteiger partial charge is 0.271 e. The fraction of sp³-hybridized carbons (Fsp3) is 0.412. The van der Waals surface area contributed by atoms with E-state index in [0.717, 1.165) is 41.7 Å². The molecular formula is C17H20FN7OS. The van der Waals surface area contributed by atoms with Crippen molar-refractivity contribution < 1.29 is 9.18 Å². The van der Waals surface area contributed by atoms with Crippen LogP contribution in [0.15, 0.2) is 12.3 Å². The van der Waals surface area contributed by atoms with Crippen molar-refractivity contribution in [3.05, 3.63) is 34.3 Å². The Labute approximate surface area is 159 Å². The quantitative estimate of drug-likeness (QED) is 0.712. The van der Waals surface area contributed by atoms with Gasteiger partial charge in [0.25, 0.3) is 5.91 Å². The first-order valence-electron chi connectivity index (χ1n) is 8.70. The molecule has 1 fully saturated rings. The predicted molar refractivity (Wildman–Crippen MR) is 102 cm³/mol. The lowest BCUT2D eigenvalue weighted by atomic mass is 10.2. The van der Waals surface area contributed by atoms with Crippen molar-refractivity contribution in [2.24, 2.45) is 0 Å². The molecule has 1 amide bonds. The molecule has 1 aliphatic rings. The molecule has 1 unspecified atom stereocenters. The topological polar surface area (TPSA) is 87.5 Å². The van der Waals surface area contributed by atoms with Crippen molar-refractivity contribution in [2.75, 3.05) is 29.9 Å². The molecule has 1 saturated heterocycles. The third-order valence-electron chi connectivity index (χ3n) is 4.39. The third kappa shape index (κ3) is 3.50. The summed E-state index contributed by atoms with van der Waals surface area (Å²) in [7, 11) is 0. The van der Waals surface area contributed by atoms with Crippen LogP contribution in [-0.4, -0.2) is 51.2 Å². The van der Waals surface area contributed by atoms with Crippen molar-refractivity contribution in [3.8, 4) is 0 Å². The molecule has 0 aliphatic carbocycles. The molecule has 3 aromatic rings. The summed E-state index contributed by atoms with van der Waals surface area (Å²) in [5.41, 5.74) is 2.06. The Morgan fingerprint density at radius 1 is 1.41 bits per heavy atom. The number of aromatic nitrogens is 4. The molecule has 0 bridgehead atoms. The van der Waals surface area contributed by atoms with Gasteiger partial charge in [-0.3, -0.25) is 15.1 Å². The number of anilines is 2. The van der Waals surface area contributed by atoms with Crippen LogP contribution in [0.25, 0.3) is 5.65 Å². The lowest BCUT2D eigenvalue weighted by molar-refractivity contribution is 0.102. The van der Waals surface area contributed by atoms with Gasteiger partial charge in [-0.2, -0.15) is 4.98 Å². The van der Waals surface area contributed by atoms with E-state index in [0.29, 0.717) is 17.4 Å². The minimum absolute atomic E-state index is 0.0288. The molecule has 4 heterocycles. The van der Waals surface area contributed by atoms with Gasteiger partial charge >= 0.3 is 0 Å². The summed E-state index contributed by atoms with van der Waals surface area (Å²) < 4.78 is 15.9. The van der Waals surface area contributed by atoms with Crippen LogP contribution in [0.1, 0.15) is 28.0 Å². The average molecular weight is 389 g/mol. The first kappa shape index (κ1) is 17.8. The zero-order valence-corrected chi connectivity index (χ0v) is 16.1. The van der Waals surface area contributed by atoms with Gasteiger partial charge in [0.1, 0.15) is 10.7 Å². The zero-order chi connectivity index (χ0) is 19.1. The first-order chi connectivity index (χ1) is 12.9. The van der Waals surface area contributed by atoms with Crippen LogP contribution in [0.2, 0.25) is 0 Å². The molecule has 4 rings (SSSR count). The second kappa shape index (κ2) is 6.86. The second-order valence-electron chi connectivity index (χ2n) is 6.69. The summed E-state index contributed by atoms with van der Waals surface area (Å²) in [6.07, 6.45) is 1.72. The summed E-state index contributed by atoms with van der Waals surface area (Å²) >= 11 is 1.14. The first-order valence-corrected chi connectivity index (χ1v) is 9.52. The largest absolute Gasteiger partial charge is 0.361 e.